The Morgan fingerprint density at radius 3 is 2.42 bits per heavy atom. The maximum atomic E-state index is 12.9. The smallest absolute Gasteiger partial charge is 0.344 e. The summed E-state index contributed by atoms with van der Waals surface area (Å²) in [6.07, 6.45) is 2.57. The average Bonchev–Trinajstić information content (AvgIpc) is 3.15. The number of hydrogen-bond acceptors (Lipinski definition) is 5. The van der Waals surface area contributed by atoms with Crippen molar-refractivity contribution < 1.29 is 14.3 Å². The molecule has 0 fully saturated rings. The Bertz CT molecular complexity index is 1110. The summed E-state index contributed by atoms with van der Waals surface area (Å²) >= 11 is 0. The van der Waals surface area contributed by atoms with Gasteiger partial charge in [-0.25, -0.2) is 14.5 Å². The van der Waals surface area contributed by atoms with E-state index in [1.165, 1.54) is 0 Å². The number of carbonyl (C=O) groups is 2. The highest BCUT2D eigenvalue weighted by atomic mass is 16.5. The van der Waals surface area contributed by atoms with Gasteiger partial charge < -0.3 is 9.64 Å². The third kappa shape index (κ3) is 4.60. The van der Waals surface area contributed by atoms with Gasteiger partial charge in [-0.1, -0.05) is 27.7 Å². The Morgan fingerprint density at radius 1 is 1.19 bits per heavy atom. The predicted molar refractivity (Wildman–Crippen MR) is 122 cm³/mol. The predicted octanol–water partition coefficient (Wildman–Crippen LogP) is 4.94. The minimum absolute atomic E-state index is 0.00483. The molecule has 31 heavy (non-hydrogen) atoms. The Hall–Kier alpha value is -3.22. The van der Waals surface area contributed by atoms with Gasteiger partial charge in [-0.05, 0) is 50.6 Å². The number of esters is 1. The molecular weight excluding hydrogens is 392 g/mol. The summed E-state index contributed by atoms with van der Waals surface area (Å²) in [5.74, 6) is -0.0569. The van der Waals surface area contributed by atoms with E-state index in [-0.39, 0.29) is 11.9 Å². The number of pyridine rings is 1. The number of rotatable bonds is 5. The van der Waals surface area contributed by atoms with Crippen molar-refractivity contribution in [2.75, 3.05) is 11.9 Å². The first-order valence-electron chi connectivity index (χ1n) is 10.5. The lowest BCUT2D eigenvalue weighted by Crippen LogP contribution is -2.36. The molecule has 0 aliphatic rings. The van der Waals surface area contributed by atoms with E-state index in [0.29, 0.717) is 22.3 Å². The highest BCUT2D eigenvalue weighted by molar-refractivity contribution is 6.03. The molecule has 1 aromatic carbocycles. The lowest BCUT2D eigenvalue weighted by molar-refractivity contribution is -0.125. The zero-order chi connectivity index (χ0) is 22.9. The molecule has 0 spiro atoms. The van der Waals surface area contributed by atoms with Gasteiger partial charge in [-0.15, -0.1) is 0 Å². The first-order valence-corrected chi connectivity index (χ1v) is 10.5. The minimum Gasteiger partial charge on any atom is -0.423 e. The fraction of sp³-hybridized carbons (Fsp3) is 0.417. The van der Waals surface area contributed by atoms with Gasteiger partial charge in [0, 0.05) is 23.8 Å². The van der Waals surface area contributed by atoms with Gasteiger partial charge in [0.05, 0.1) is 23.2 Å². The second-order valence-corrected chi connectivity index (χ2v) is 8.89. The summed E-state index contributed by atoms with van der Waals surface area (Å²) in [7, 11) is 1.74. The highest BCUT2D eigenvalue weighted by Gasteiger charge is 2.26. The fourth-order valence-corrected chi connectivity index (χ4v) is 3.33. The van der Waals surface area contributed by atoms with Crippen LogP contribution in [0, 0.1) is 12.3 Å². The Kier molecular flexibility index (Phi) is 6.15. The number of hydrogen-bond donors (Lipinski definition) is 0. The van der Waals surface area contributed by atoms with Crippen molar-refractivity contribution in [3.8, 4) is 5.75 Å². The van der Waals surface area contributed by atoms with E-state index in [0.717, 1.165) is 17.8 Å². The molecule has 0 saturated heterocycles. The summed E-state index contributed by atoms with van der Waals surface area (Å²) in [5.41, 5.74) is 2.09. The number of amides is 1. The lowest BCUT2D eigenvalue weighted by atomic mass is 9.95. The summed E-state index contributed by atoms with van der Waals surface area (Å²) in [5, 5.41) is 5.10. The maximum Gasteiger partial charge on any atom is 0.344 e. The number of anilines is 1. The number of benzene rings is 1. The van der Waals surface area contributed by atoms with Crippen LogP contribution in [0.5, 0.6) is 5.75 Å². The molecule has 1 amide bonds. The second kappa shape index (κ2) is 8.49. The summed E-state index contributed by atoms with van der Waals surface area (Å²) in [4.78, 5) is 31.6. The van der Waals surface area contributed by atoms with E-state index >= 15 is 0 Å². The zero-order valence-electron chi connectivity index (χ0n) is 19.3. The molecule has 3 rings (SSSR count). The van der Waals surface area contributed by atoms with Crippen LogP contribution in [0.25, 0.3) is 11.0 Å². The Labute approximate surface area is 183 Å². The summed E-state index contributed by atoms with van der Waals surface area (Å²) < 4.78 is 7.46. The second-order valence-electron chi connectivity index (χ2n) is 8.89. The minimum atomic E-state index is -0.482. The van der Waals surface area contributed by atoms with Gasteiger partial charge in [-0.3, -0.25) is 4.79 Å². The standard InChI is InChI=1S/C24H30N4O3/c1-8-16(3)28-21-20(14-25-28)19(13-15(2)26-21)22(29)31-18-11-9-17(10-12-18)27(7)23(30)24(4,5)6/h9-14,16H,8H2,1-7H3. The monoisotopic (exact) mass is 422 g/mol. The van der Waals surface area contributed by atoms with E-state index in [9.17, 15) is 9.59 Å². The number of fused-ring (bicyclic) bond motifs is 1. The van der Waals surface area contributed by atoms with E-state index in [2.05, 4.69) is 23.9 Å². The first kappa shape index (κ1) is 22.5. The molecule has 0 N–H and O–H groups in total. The van der Waals surface area contributed by atoms with Crippen LogP contribution in [-0.4, -0.2) is 33.7 Å². The molecular formula is C24H30N4O3. The van der Waals surface area contributed by atoms with Crippen molar-refractivity contribution in [3.05, 3.63) is 47.8 Å². The van der Waals surface area contributed by atoms with Gasteiger partial charge >= 0.3 is 5.97 Å². The molecule has 2 aromatic heterocycles. The Morgan fingerprint density at radius 2 is 1.84 bits per heavy atom. The van der Waals surface area contributed by atoms with Crippen LogP contribution in [0.2, 0.25) is 0 Å². The Balaban J connectivity index is 1.84. The topological polar surface area (TPSA) is 77.3 Å². The van der Waals surface area contributed by atoms with E-state index in [1.807, 2.05) is 32.4 Å². The van der Waals surface area contributed by atoms with Crippen LogP contribution < -0.4 is 9.64 Å². The zero-order valence-corrected chi connectivity index (χ0v) is 19.3. The van der Waals surface area contributed by atoms with Crippen molar-refractivity contribution in [3.63, 3.8) is 0 Å². The molecule has 0 saturated carbocycles. The molecule has 164 valence electrons. The normalized spacial score (nSPS) is 12.6. The van der Waals surface area contributed by atoms with E-state index in [1.54, 1.807) is 48.5 Å². The first-order chi connectivity index (χ1) is 14.5. The molecule has 2 heterocycles. The molecule has 3 aromatic rings. The van der Waals surface area contributed by atoms with Crippen LogP contribution in [0.1, 0.15) is 63.1 Å². The summed E-state index contributed by atoms with van der Waals surface area (Å²) in [6.45, 7) is 11.6. The third-order valence-corrected chi connectivity index (χ3v) is 5.30. The highest BCUT2D eigenvalue weighted by Crippen LogP contribution is 2.26. The molecule has 1 atom stereocenters. The molecule has 1 unspecified atom stereocenters. The summed E-state index contributed by atoms with van der Waals surface area (Å²) in [6, 6.07) is 8.80. The number of aromatic nitrogens is 3. The van der Waals surface area contributed by atoms with Gasteiger partial charge in [-0.2, -0.15) is 5.10 Å². The van der Waals surface area contributed by atoms with Crippen molar-refractivity contribution in [2.45, 2.75) is 54.0 Å². The largest absolute Gasteiger partial charge is 0.423 e. The fourth-order valence-electron chi connectivity index (χ4n) is 3.33. The van der Waals surface area contributed by atoms with E-state index in [4.69, 9.17) is 4.74 Å². The molecule has 7 nitrogen and oxygen atoms in total. The molecule has 0 aliphatic heterocycles. The van der Waals surface area contributed by atoms with Crippen LogP contribution >= 0.6 is 0 Å². The molecule has 0 aliphatic carbocycles. The van der Waals surface area contributed by atoms with Crippen molar-refractivity contribution in [1.82, 2.24) is 14.8 Å². The maximum absolute atomic E-state index is 12.9. The number of aryl methyl sites for hydroxylation is 1. The third-order valence-electron chi connectivity index (χ3n) is 5.30. The van der Waals surface area contributed by atoms with Crippen LogP contribution in [-0.2, 0) is 4.79 Å². The number of carbonyl (C=O) groups excluding carboxylic acids is 2. The van der Waals surface area contributed by atoms with E-state index < -0.39 is 11.4 Å². The van der Waals surface area contributed by atoms with Crippen LogP contribution in [0.4, 0.5) is 5.69 Å². The molecule has 0 radical (unpaired) electrons. The van der Waals surface area contributed by atoms with Gasteiger partial charge in [0.1, 0.15) is 5.75 Å². The average molecular weight is 423 g/mol. The van der Waals surface area contributed by atoms with Crippen LogP contribution in [0.15, 0.2) is 36.5 Å². The van der Waals surface area contributed by atoms with Gasteiger partial charge in [0.25, 0.3) is 0 Å². The SMILES string of the molecule is CCC(C)n1ncc2c(C(=O)Oc3ccc(N(C)C(=O)C(C)(C)C)cc3)cc(C)nc21. The van der Waals surface area contributed by atoms with Crippen molar-refractivity contribution in [2.24, 2.45) is 5.41 Å². The number of ether oxygens (including phenoxy) is 1. The quantitative estimate of drug-likeness (QED) is 0.430. The van der Waals surface area contributed by atoms with Crippen molar-refractivity contribution >= 4 is 28.6 Å². The number of nitrogens with zero attached hydrogens (tertiary/aromatic N) is 4. The van der Waals surface area contributed by atoms with Gasteiger partial charge in [0.15, 0.2) is 5.65 Å². The van der Waals surface area contributed by atoms with Crippen LogP contribution in [0.3, 0.4) is 0 Å². The van der Waals surface area contributed by atoms with Gasteiger partial charge in [0.2, 0.25) is 5.91 Å². The lowest BCUT2D eigenvalue weighted by Gasteiger charge is -2.26. The van der Waals surface area contributed by atoms with Crippen molar-refractivity contribution in [1.29, 1.82) is 0 Å². The molecule has 7 heteroatoms. The molecule has 0 bridgehead atoms.